The van der Waals surface area contributed by atoms with Crippen molar-refractivity contribution < 1.29 is 0 Å². The van der Waals surface area contributed by atoms with Gasteiger partial charge in [0.05, 0.1) is 0 Å². The Morgan fingerprint density at radius 1 is 0.812 bits per heavy atom. The predicted molar refractivity (Wildman–Crippen MR) is 69.4 cm³/mol. The van der Waals surface area contributed by atoms with Crippen LogP contribution in [0.2, 0.25) is 0 Å². The van der Waals surface area contributed by atoms with Gasteiger partial charge in [-0.1, -0.05) is 54.1 Å². The highest BCUT2D eigenvalue weighted by Gasteiger charge is 1.97. The minimum absolute atomic E-state index is 0.925. The van der Waals surface area contributed by atoms with Crippen molar-refractivity contribution in [2.24, 2.45) is 0 Å². The molecule has 1 nitrogen and oxygen atoms in total. The van der Waals surface area contributed by atoms with Crippen LogP contribution >= 0.6 is 0 Å². The molecule has 0 heterocycles. The number of hydrogen-bond acceptors (Lipinski definition) is 1. The summed E-state index contributed by atoms with van der Waals surface area (Å²) in [6.07, 6.45) is 0. The van der Waals surface area contributed by atoms with Gasteiger partial charge in [0, 0.05) is 6.54 Å². The molecule has 0 aliphatic carbocycles. The van der Waals surface area contributed by atoms with Gasteiger partial charge in [0.1, 0.15) is 0 Å². The minimum Gasteiger partial charge on any atom is -0.316 e. The molecule has 0 amide bonds. The van der Waals surface area contributed by atoms with E-state index in [2.05, 4.69) is 60.8 Å². The fourth-order valence-corrected chi connectivity index (χ4v) is 1.77. The maximum atomic E-state index is 3.15. The summed E-state index contributed by atoms with van der Waals surface area (Å²) in [6.45, 7) is 3.04. The summed E-state index contributed by atoms with van der Waals surface area (Å²) in [5.41, 5.74) is 5.18. The zero-order valence-corrected chi connectivity index (χ0v) is 9.83. The average Bonchev–Trinajstić information content (AvgIpc) is 2.32. The van der Waals surface area contributed by atoms with Gasteiger partial charge in [-0.05, 0) is 30.7 Å². The summed E-state index contributed by atoms with van der Waals surface area (Å²) < 4.78 is 0. The summed E-state index contributed by atoms with van der Waals surface area (Å²) in [5.74, 6) is 0. The predicted octanol–water partition coefficient (Wildman–Crippen LogP) is 3.38. The molecule has 0 saturated heterocycles. The van der Waals surface area contributed by atoms with Crippen molar-refractivity contribution in [3.05, 3.63) is 59.7 Å². The van der Waals surface area contributed by atoms with E-state index in [1.54, 1.807) is 0 Å². The van der Waals surface area contributed by atoms with Gasteiger partial charge in [0.2, 0.25) is 0 Å². The summed E-state index contributed by atoms with van der Waals surface area (Å²) in [6, 6.07) is 17.3. The van der Waals surface area contributed by atoms with Gasteiger partial charge in [0.25, 0.3) is 0 Å². The Morgan fingerprint density at radius 3 is 1.81 bits per heavy atom. The van der Waals surface area contributed by atoms with Gasteiger partial charge < -0.3 is 5.32 Å². The van der Waals surface area contributed by atoms with E-state index in [-0.39, 0.29) is 0 Å². The Morgan fingerprint density at radius 2 is 1.31 bits per heavy atom. The maximum absolute atomic E-state index is 3.15. The van der Waals surface area contributed by atoms with Crippen molar-refractivity contribution >= 4 is 0 Å². The van der Waals surface area contributed by atoms with E-state index in [1.807, 2.05) is 7.05 Å². The van der Waals surface area contributed by atoms with Crippen LogP contribution in [-0.2, 0) is 6.54 Å². The number of hydrogen-bond donors (Lipinski definition) is 1. The highest BCUT2D eigenvalue weighted by Crippen LogP contribution is 2.20. The van der Waals surface area contributed by atoms with Crippen LogP contribution in [0.3, 0.4) is 0 Å². The van der Waals surface area contributed by atoms with Crippen molar-refractivity contribution in [3.8, 4) is 11.1 Å². The second kappa shape index (κ2) is 4.95. The maximum Gasteiger partial charge on any atom is 0.0202 e. The van der Waals surface area contributed by atoms with Crippen LogP contribution in [0, 0.1) is 6.92 Å². The molecule has 0 bridgehead atoms. The Kier molecular flexibility index (Phi) is 3.37. The van der Waals surface area contributed by atoms with Crippen LogP contribution in [0.4, 0.5) is 0 Å². The molecule has 2 aromatic carbocycles. The van der Waals surface area contributed by atoms with E-state index in [0.29, 0.717) is 0 Å². The highest BCUT2D eigenvalue weighted by molar-refractivity contribution is 5.63. The minimum atomic E-state index is 0.925. The van der Waals surface area contributed by atoms with Crippen LogP contribution in [0.1, 0.15) is 11.1 Å². The Bertz CT molecular complexity index is 440. The zero-order valence-electron chi connectivity index (χ0n) is 9.83. The van der Waals surface area contributed by atoms with Crippen molar-refractivity contribution in [3.63, 3.8) is 0 Å². The van der Waals surface area contributed by atoms with Gasteiger partial charge in [-0.15, -0.1) is 0 Å². The van der Waals surface area contributed by atoms with E-state index in [4.69, 9.17) is 0 Å². The van der Waals surface area contributed by atoms with E-state index < -0.39 is 0 Å². The molecule has 0 spiro atoms. The third-order valence-electron chi connectivity index (χ3n) is 2.72. The van der Waals surface area contributed by atoms with Crippen molar-refractivity contribution in [2.45, 2.75) is 13.5 Å². The third-order valence-corrected chi connectivity index (χ3v) is 2.72. The smallest absolute Gasteiger partial charge is 0.0202 e. The standard InChI is InChI=1S/C15H17N/c1-12-3-7-14(8-4-12)15-9-5-13(6-10-15)11-16-2/h3-10,16H,11H2,1-2H3. The molecule has 2 rings (SSSR count). The highest BCUT2D eigenvalue weighted by atomic mass is 14.8. The molecule has 0 aromatic heterocycles. The number of nitrogens with one attached hydrogen (secondary N) is 1. The van der Waals surface area contributed by atoms with Gasteiger partial charge >= 0.3 is 0 Å². The quantitative estimate of drug-likeness (QED) is 0.820. The lowest BCUT2D eigenvalue weighted by Crippen LogP contribution is -2.04. The van der Waals surface area contributed by atoms with Gasteiger partial charge in [-0.25, -0.2) is 0 Å². The first-order chi connectivity index (χ1) is 7.79. The van der Waals surface area contributed by atoms with Crippen LogP contribution in [0.5, 0.6) is 0 Å². The van der Waals surface area contributed by atoms with Gasteiger partial charge in [-0.3, -0.25) is 0 Å². The lowest BCUT2D eigenvalue weighted by atomic mass is 10.0. The van der Waals surface area contributed by atoms with Crippen LogP contribution in [0.15, 0.2) is 48.5 Å². The third kappa shape index (κ3) is 2.50. The fraction of sp³-hybridized carbons (Fsp3) is 0.200. The Hall–Kier alpha value is -1.60. The van der Waals surface area contributed by atoms with E-state index in [1.165, 1.54) is 22.3 Å². The summed E-state index contributed by atoms with van der Waals surface area (Å²) in [7, 11) is 1.97. The number of benzene rings is 2. The second-order valence-electron chi connectivity index (χ2n) is 4.09. The SMILES string of the molecule is CNCc1ccc(-c2ccc(C)cc2)cc1. The van der Waals surface area contributed by atoms with E-state index in [9.17, 15) is 0 Å². The summed E-state index contributed by atoms with van der Waals surface area (Å²) in [4.78, 5) is 0. The average molecular weight is 211 g/mol. The van der Waals surface area contributed by atoms with Crippen molar-refractivity contribution in [2.75, 3.05) is 7.05 Å². The largest absolute Gasteiger partial charge is 0.316 e. The molecule has 16 heavy (non-hydrogen) atoms. The number of rotatable bonds is 3. The second-order valence-corrected chi connectivity index (χ2v) is 4.09. The lowest BCUT2D eigenvalue weighted by Gasteiger charge is -2.04. The molecule has 0 radical (unpaired) electrons. The van der Waals surface area contributed by atoms with Crippen molar-refractivity contribution in [1.82, 2.24) is 5.32 Å². The first-order valence-electron chi connectivity index (χ1n) is 5.60. The molecule has 1 N–H and O–H groups in total. The molecule has 0 fully saturated rings. The van der Waals surface area contributed by atoms with Crippen LogP contribution < -0.4 is 5.32 Å². The molecule has 0 unspecified atom stereocenters. The molecule has 0 aliphatic rings. The molecular weight excluding hydrogens is 194 g/mol. The normalized spacial score (nSPS) is 10.4. The van der Waals surface area contributed by atoms with Crippen molar-refractivity contribution in [1.29, 1.82) is 0 Å². The van der Waals surface area contributed by atoms with Gasteiger partial charge in [-0.2, -0.15) is 0 Å². The summed E-state index contributed by atoms with van der Waals surface area (Å²) in [5, 5.41) is 3.15. The van der Waals surface area contributed by atoms with Gasteiger partial charge in [0.15, 0.2) is 0 Å². The zero-order chi connectivity index (χ0) is 11.4. The number of aryl methyl sites for hydroxylation is 1. The molecule has 0 saturated carbocycles. The molecular formula is C15H17N. The molecule has 2 aromatic rings. The summed E-state index contributed by atoms with van der Waals surface area (Å²) >= 11 is 0. The van der Waals surface area contributed by atoms with Crippen LogP contribution in [0.25, 0.3) is 11.1 Å². The lowest BCUT2D eigenvalue weighted by molar-refractivity contribution is 0.818. The first-order valence-corrected chi connectivity index (χ1v) is 5.60. The molecule has 1 heteroatoms. The Labute approximate surface area is 97.1 Å². The first kappa shape index (κ1) is 10.9. The van der Waals surface area contributed by atoms with E-state index in [0.717, 1.165) is 6.54 Å². The fourth-order valence-electron chi connectivity index (χ4n) is 1.77. The van der Waals surface area contributed by atoms with Crippen LogP contribution in [-0.4, -0.2) is 7.05 Å². The Balaban J connectivity index is 2.24. The molecule has 0 atom stereocenters. The topological polar surface area (TPSA) is 12.0 Å². The molecule has 82 valence electrons. The van der Waals surface area contributed by atoms with E-state index >= 15 is 0 Å². The monoisotopic (exact) mass is 211 g/mol. The molecule has 0 aliphatic heterocycles.